The van der Waals surface area contributed by atoms with E-state index >= 15 is 0 Å². The Morgan fingerprint density at radius 1 is 1.21 bits per heavy atom. The summed E-state index contributed by atoms with van der Waals surface area (Å²) in [5.74, 6) is -0.696. The van der Waals surface area contributed by atoms with Crippen LogP contribution in [0.5, 0.6) is 5.75 Å². The Morgan fingerprint density at radius 3 is 2.71 bits per heavy atom. The second kappa shape index (κ2) is 3.10. The van der Waals surface area contributed by atoms with Crippen molar-refractivity contribution in [3.05, 3.63) is 41.7 Å². The predicted octanol–water partition coefficient (Wildman–Crippen LogP) is 2.50. The van der Waals surface area contributed by atoms with Gasteiger partial charge < -0.3 is 5.11 Å². The molecule has 0 saturated carbocycles. The zero-order chi connectivity index (χ0) is 10.1. The van der Waals surface area contributed by atoms with Crippen LogP contribution in [0.2, 0.25) is 0 Å². The number of fused-ring (bicyclic) bond motifs is 1. The summed E-state index contributed by atoms with van der Waals surface area (Å²) < 4.78 is 13.3. The molecule has 0 saturated heterocycles. The van der Waals surface area contributed by atoms with Crippen molar-refractivity contribution in [2.45, 2.75) is 0 Å². The molecule has 0 unspecified atom stereocenters. The zero-order valence-corrected chi connectivity index (χ0v) is 7.20. The molecular formula is C11H7FO2. The summed E-state index contributed by atoms with van der Waals surface area (Å²) in [6, 6.07) is 7.45. The van der Waals surface area contributed by atoms with E-state index in [1.165, 1.54) is 12.1 Å². The van der Waals surface area contributed by atoms with Crippen molar-refractivity contribution in [1.29, 1.82) is 0 Å². The summed E-state index contributed by atoms with van der Waals surface area (Å²) in [7, 11) is 0. The van der Waals surface area contributed by atoms with Crippen LogP contribution in [0.15, 0.2) is 30.3 Å². The first-order valence-corrected chi connectivity index (χ1v) is 4.09. The van der Waals surface area contributed by atoms with Crippen molar-refractivity contribution < 1.29 is 14.3 Å². The molecule has 2 aromatic carbocycles. The van der Waals surface area contributed by atoms with Gasteiger partial charge in [0, 0.05) is 5.39 Å². The van der Waals surface area contributed by atoms with Crippen molar-refractivity contribution >= 4 is 17.1 Å². The highest BCUT2D eigenvalue weighted by Gasteiger charge is 2.09. The summed E-state index contributed by atoms with van der Waals surface area (Å²) in [6.45, 7) is 0. The molecule has 0 aliphatic heterocycles. The van der Waals surface area contributed by atoms with E-state index in [1.807, 2.05) is 0 Å². The molecule has 0 heterocycles. The summed E-state index contributed by atoms with van der Waals surface area (Å²) in [5, 5.41) is 10.1. The molecule has 1 N–H and O–H groups in total. The molecule has 0 fully saturated rings. The van der Waals surface area contributed by atoms with E-state index in [1.54, 1.807) is 18.2 Å². The molecule has 0 spiro atoms. The fourth-order valence-electron chi connectivity index (χ4n) is 1.47. The van der Waals surface area contributed by atoms with E-state index in [9.17, 15) is 14.3 Å². The third kappa shape index (κ3) is 1.14. The summed E-state index contributed by atoms with van der Waals surface area (Å²) >= 11 is 0. The van der Waals surface area contributed by atoms with Crippen molar-refractivity contribution in [2.24, 2.45) is 0 Å². The van der Waals surface area contributed by atoms with Crippen LogP contribution in [0.1, 0.15) is 10.4 Å². The van der Waals surface area contributed by atoms with Crippen molar-refractivity contribution in [3.63, 3.8) is 0 Å². The van der Waals surface area contributed by atoms with Crippen LogP contribution in [0.3, 0.4) is 0 Å². The second-order valence-electron chi connectivity index (χ2n) is 2.95. The lowest BCUT2D eigenvalue weighted by Crippen LogP contribution is -1.88. The Hall–Kier alpha value is -1.90. The number of aromatic hydroxyl groups is 1. The van der Waals surface area contributed by atoms with Gasteiger partial charge in [-0.1, -0.05) is 18.2 Å². The Morgan fingerprint density at radius 2 is 2.00 bits per heavy atom. The molecule has 2 nitrogen and oxygen atoms in total. The second-order valence-corrected chi connectivity index (χ2v) is 2.95. The average Bonchev–Trinajstić information content (AvgIpc) is 2.19. The number of phenols is 1. The van der Waals surface area contributed by atoms with Gasteiger partial charge in [-0.05, 0) is 17.5 Å². The number of phenolic OH excluding ortho intramolecular Hbond substituents is 1. The Balaban J connectivity index is 2.98. The molecule has 0 amide bonds. The van der Waals surface area contributed by atoms with Gasteiger partial charge >= 0.3 is 0 Å². The molecule has 2 rings (SSSR count). The lowest BCUT2D eigenvalue weighted by atomic mass is 10.0. The van der Waals surface area contributed by atoms with E-state index in [0.29, 0.717) is 11.7 Å². The van der Waals surface area contributed by atoms with Crippen molar-refractivity contribution in [2.75, 3.05) is 0 Å². The van der Waals surface area contributed by atoms with Gasteiger partial charge in [-0.15, -0.1) is 0 Å². The van der Waals surface area contributed by atoms with Gasteiger partial charge in [0.05, 0.1) is 5.56 Å². The van der Waals surface area contributed by atoms with Gasteiger partial charge in [-0.2, -0.15) is 0 Å². The van der Waals surface area contributed by atoms with Crippen LogP contribution in [0.4, 0.5) is 4.39 Å². The highest BCUT2D eigenvalue weighted by molar-refractivity contribution is 6.00. The average molecular weight is 190 g/mol. The van der Waals surface area contributed by atoms with Crippen LogP contribution in [-0.2, 0) is 0 Å². The lowest BCUT2D eigenvalue weighted by Gasteiger charge is -2.03. The third-order valence-corrected chi connectivity index (χ3v) is 2.13. The van der Waals surface area contributed by atoms with Crippen molar-refractivity contribution in [3.8, 4) is 5.75 Å². The molecule has 70 valence electrons. The Kier molecular flexibility index (Phi) is 1.93. The summed E-state index contributed by atoms with van der Waals surface area (Å²) in [4.78, 5) is 10.7. The van der Waals surface area contributed by atoms with Gasteiger partial charge in [-0.3, -0.25) is 4.79 Å². The van der Waals surface area contributed by atoms with E-state index in [0.717, 1.165) is 0 Å². The van der Waals surface area contributed by atoms with Crippen LogP contribution in [0.25, 0.3) is 10.8 Å². The number of halogens is 1. The standard InChI is InChI=1S/C11H7FO2/c12-9-3-1-2-7-4-5-10(14)8(6-13)11(7)9/h1-6,14H. The van der Waals surface area contributed by atoms with Crippen LogP contribution < -0.4 is 0 Å². The first-order chi connectivity index (χ1) is 6.74. The molecule has 2 aromatic rings. The smallest absolute Gasteiger partial charge is 0.154 e. The molecule has 0 aromatic heterocycles. The quantitative estimate of drug-likeness (QED) is 0.701. The van der Waals surface area contributed by atoms with Gasteiger partial charge in [0.2, 0.25) is 0 Å². The van der Waals surface area contributed by atoms with E-state index in [4.69, 9.17) is 0 Å². The van der Waals surface area contributed by atoms with Crippen molar-refractivity contribution in [1.82, 2.24) is 0 Å². The molecule has 0 aliphatic carbocycles. The number of rotatable bonds is 1. The van der Waals surface area contributed by atoms with Crippen LogP contribution >= 0.6 is 0 Å². The number of aldehydes is 1. The van der Waals surface area contributed by atoms with E-state index in [2.05, 4.69) is 0 Å². The summed E-state index contributed by atoms with van der Waals surface area (Å²) in [6.07, 6.45) is 0.459. The fourth-order valence-corrected chi connectivity index (χ4v) is 1.47. The molecule has 14 heavy (non-hydrogen) atoms. The maximum Gasteiger partial charge on any atom is 0.154 e. The number of carbonyl (C=O) groups is 1. The maximum absolute atomic E-state index is 13.3. The highest BCUT2D eigenvalue weighted by atomic mass is 19.1. The Labute approximate surface area is 79.6 Å². The largest absolute Gasteiger partial charge is 0.507 e. The number of benzene rings is 2. The highest BCUT2D eigenvalue weighted by Crippen LogP contribution is 2.27. The minimum Gasteiger partial charge on any atom is -0.507 e. The minimum absolute atomic E-state index is 0.000556. The van der Waals surface area contributed by atoms with Gasteiger partial charge in [-0.25, -0.2) is 4.39 Å². The molecular weight excluding hydrogens is 183 g/mol. The number of hydrogen-bond donors (Lipinski definition) is 1. The topological polar surface area (TPSA) is 37.3 Å². The molecule has 0 bridgehead atoms. The number of carbonyl (C=O) groups excluding carboxylic acids is 1. The first kappa shape index (κ1) is 8.69. The molecule has 0 aliphatic rings. The fraction of sp³-hybridized carbons (Fsp3) is 0. The van der Waals surface area contributed by atoms with Gasteiger partial charge in [0.25, 0.3) is 0 Å². The van der Waals surface area contributed by atoms with Crippen LogP contribution in [0, 0.1) is 5.82 Å². The third-order valence-electron chi connectivity index (χ3n) is 2.13. The number of hydrogen-bond acceptors (Lipinski definition) is 2. The first-order valence-electron chi connectivity index (χ1n) is 4.09. The summed E-state index contributed by atoms with van der Waals surface area (Å²) in [5.41, 5.74) is 0.000556. The monoisotopic (exact) mass is 190 g/mol. The predicted molar refractivity (Wildman–Crippen MR) is 51.0 cm³/mol. The van der Waals surface area contributed by atoms with E-state index < -0.39 is 5.82 Å². The minimum atomic E-state index is -0.500. The van der Waals surface area contributed by atoms with Crippen LogP contribution in [-0.4, -0.2) is 11.4 Å². The molecule has 0 atom stereocenters. The maximum atomic E-state index is 13.3. The van der Waals surface area contributed by atoms with Gasteiger partial charge in [0.1, 0.15) is 11.6 Å². The Bertz CT molecular complexity index is 506. The normalized spacial score (nSPS) is 10.4. The lowest BCUT2D eigenvalue weighted by molar-refractivity contribution is 0.112. The molecule has 3 heteroatoms. The van der Waals surface area contributed by atoms with Gasteiger partial charge in [0.15, 0.2) is 6.29 Å². The zero-order valence-electron chi connectivity index (χ0n) is 7.20. The SMILES string of the molecule is O=Cc1c(O)ccc2cccc(F)c12. The van der Waals surface area contributed by atoms with E-state index in [-0.39, 0.29) is 16.7 Å². The molecule has 0 radical (unpaired) electrons.